The molecule has 2 amide bonds. The maximum Gasteiger partial charge on any atom is 0.234 e. The van der Waals surface area contributed by atoms with Crippen molar-refractivity contribution < 1.29 is 14.3 Å². The number of carbonyl (C=O) groups excluding carboxylic acids is 2. The Morgan fingerprint density at radius 1 is 1.33 bits per heavy atom. The van der Waals surface area contributed by atoms with Crippen molar-refractivity contribution in [2.75, 3.05) is 18.5 Å². The van der Waals surface area contributed by atoms with E-state index in [1.165, 1.54) is 5.56 Å². The largest absolute Gasteiger partial charge is 0.360 e. The van der Waals surface area contributed by atoms with E-state index in [0.29, 0.717) is 13.1 Å². The fourth-order valence-corrected chi connectivity index (χ4v) is 5.05. The summed E-state index contributed by atoms with van der Waals surface area (Å²) in [5, 5.41) is 4.17. The zero-order chi connectivity index (χ0) is 21.2. The fraction of sp³-hybridized carbons (Fsp3) is 0.435. The van der Waals surface area contributed by atoms with Gasteiger partial charge in [0, 0.05) is 38.1 Å². The van der Waals surface area contributed by atoms with Crippen LogP contribution in [0.25, 0.3) is 0 Å². The van der Waals surface area contributed by atoms with Crippen LogP contribution in [0.1, 0.15) is 16.7 Å². The lowest BCUT2D eigenvalue weighted by Crippen LogP contribution is -2.44. The van der Waals surface area contributed by atoms with Gasteiger partial charge in [-0.05, 0) is 37.1 Å². The molecule has 30 heavy (non-hydrogen) atoms. The van der Waals surface area contributed by atoms with Gasteiger partial charge >= 0.3 is 0 Å². The van der Waals surface area contributed by atoms with Crippen molar-refractivity contribution in [3.05, 3.63) is 59.4 Å². The van der Waals surface area contributed by atoms with Gasteiger partial charge in [-0.3, -0.25) is 14.3 Å². The standard InChI is InChI=1S/C23H26N4O3/c1-14-5-6-17(9-15(14)2)27-13-23-8-7-18(30-23)19(20(23)22(27)29)21(28)25(3)11-16-10-24-26(4)12-16/h5-10,12,18-20H,11,13H2,1-4H3/t18-,19+,20-,23-/m0/s1. The fourth-order valence-electron chi connectivity index (χ4n) is 5.05. The molecule has 0 N–H and O–H groups in total. The maximum atomic E-state index is 13.5. The van der Waals surface area contributed by atoms with Crippen molar-refractivity contribution in [3.63, 3.8) is 0 Å². The second-order valence-electron chi connectivity index (χ2n) is 8.81. The van der Waals surface area contributed by atoms with Crippen molar-refractivity contribution in [3.8, 4) is 0 Å². The molecule has 3 aliphatic heterocycles. The molecule has 7 nitrogen and oxygen atoms in total. The lowest BCUT2D eigenvalue weighted by Gasteiger charge is -2.27. The first-order chi connectivity index (χ1) is 14.3. The molecule has 2 fully saturated rings. The summed E-state index contributed by atoms with van der Waals surface area (Å²) in [6, 6.07) is 6.04. The zero-order valence-corrected chi connectivity index (χ0v) is 17.7. The van der Waals surface area contributed by atoms with Crippen molar-refractivity contribution in [1.82, 2.24) is 14.7 Å². The number of aryl methyl sites for hydroxylation is 3. The van der Waals surface area contributed by atoms with Gasteiger partial charge in [-0.2, -0.15) is 5.10 Å². The van der Waals surface area contributed by atoms with E-state index in [4.69, 9.17) is 4.74 Å². The van der Waals surface area contributed by atoms with Crippen LogP contribution in [0.15, 0.2) is 42.7 Å². The highest BCUT2D eigenvalue weighted by molar-refractivity contribution is 6.03. The molecule has 1 spiro atoms. The number of benzene rings is 1. The van der Waals surface area contributed by atoms with Crippen molar-refractivity contribution >= 4 is 17.5 Å². The van der Waals surface area contributed by atoms with E-state index < -0.39 is 17.4 Å². The molecule has 0 aliphatic carbocycles. The third-order valence-corrected chi connectivity index (χ3v) is 6.74. The van der Waals surface area contributed by atoms with Crippen LogP contribution in [-0.2, 0) is 27.9 Å². The summed E-state index contributed by atoms with van der Waals surface area (Å²) in [5.41, 5.74) is 3.43. The number of fused-ring (bicyclic) bond motifs is 1. The van der Waals surface area contributed by atoms with Gasteiger partial charge in [-0.1, -0.05) is 18.2 Å². The zero-order valence-electron chi connectivity index (χ0n) is 17.7. The Labute approximate surface area is 175 Å². The van der Waals surface area contributed by atoms with Gasteiger partial charge in [0.1, 0.15) is 5.60 Å². The summed E-state index contributed by atoms with van der Waals surface area (Å²) in [5.74, 6) is -1.08. The SMILES string of the molecule is Cc1ccc(N2C[C@]34C=C[C@H](O3)[C@@H](C(=O)N(C)Cc3cnn(C)c3)[C@H]4C2=O)cc1C. The van der Waals surface area contributed by atoms with Gasteiger partial charge in [-0.25, -0.2) is 0 Å². The summed E-state index contributed by atoms with van der Waals surface area (Å²) >= 11 is 0. The summed E-state index contributed by atoms with van der Waals surface area (Å²) in [6.07, 6.45) is 7.25. The number of amides is 2. The van der Waals surface area contributed by atoms with Gasteiger partial charge in [0.2, 0.25) is 11.8 Å². The topological polar surface area (TPSA) is 67.7 Å². The molecular formula is C23H26N4O3. The molecule has 2 bridgehead atoms. The molecule has 0 radical (unpaired) electrons. The normalized spacial score (nSPS) is 29.0. The first kappa shape index (κ1) is 19.1. The number of carbonyl (C=O) groups is 2. The summed E-state index contributed by atoms with van der Waals surface area (Å²) < 4.78 is 7.98. The van der Waals surface area contributed by atoms with Crippen LogP contribution in [0.3, 0.4) is 0 Å². The lowest BCUT2D eigenvalue weighted by molar-refractivity contribution is -0.139. The maximum absolute atomic E-state index is 13.5. The smallest absolute Gasteiger partial charge is 0.234 e. The molecule has 0 saturated carbocycles. The Balaban J connectivity index is 1.42. The van der Waals surface area contributed by atoms with E-state index in [2.05, 4.69) is 12.0 Å². The molecular weight excluding hydrogens is 380 g/mol. The molecule has 5 rings (SSSR count). The van der Waals surface area contributed by atoms with E-state index in [0.717, 1.165) is 16.8 Å². The third kappa shape index (κ3) is 2.72. The van der Waals surface area contributed by atoms with Crippen molar-refractivity contribution in [1.29, 1.82) is 0 Å². The van der Waals surface area contributed by atoms with Crippen LogP contribution in [0, 0.1) is 25.7 Å². The number of rotatable bonds is 4. The van der Waals surface area contributed by atoms with Crippen molar-refractivity contribution in [2.45, 2.75) is 32.1 Å². The molecule has 1 aromatic heterocycles. The van der Waals surface area contributed by atoms with E-state index in [1.807, 2.05) is 50.5 Å². The molecule has 4 heterocycles. The Bertz CT molecular complexity index is 1070. The Hall–Kier alpha value is -2.93. The number of aromatic nitrogens is 2. The van der Waals surface area contributed by atoms with Crippen LogP contribution in [0.5, 0.6) is 0 Å². The first-order valence-electron chi connectivity index (χ1n) is 10.3. The van der Waals surface area contributed by atoms with Crippen molar-refractivity contribution in [2.24, 2.45) is 18.9 Å². The third-order valence-electron chi connectivity index (χ3n) is 6.74. The van der Waals surface area contributed by atoms with Gasteiger partial charge in [0.25, 0.3) is 0 Å². The lowest BCUT2D eigenvalue weighted by atomic mass is 9.76. The summed E-state index contributed by atoms with van der Waals surface area (Å²) in [4.78, 5) is 30.3. The Kier molecular flexibility index (Phi) is 4.15. The van der Waals surface area contributed by atoms with Crippen LogP contribution in [-0.4, -0.2) is 51.8 Å². The van der Waals surface area contributed by atoms with E-state index in [9.17, 15) is 9.59 Å². The minimum Gasteiger partial charge on any atom is -0.360 e. The van der Waals surface area contributed by atoms with Crippen LogP contribution in [0.4, 0.5) is 5.69 Å². The molecule has 156 valence electrons. The highest BCUT2D eigenvalue weighted by atomic mass is 16.5. The minimum absolute atomic E-state index is 0.0294. The van der Waals surface area contributed by atoms with E-state index >= 15 is 0 Å². The number of ether oxygens (including phenoxy) is 1. The second kappa shape index (κ2) is 6.54. The predicted octanol–water partition coefficient (Wildman–Crippen LogP) is 1.98. The molecule has 0 unspecified atom stereocenters. The molecule has 7 heteroatoms. The minimum atomic E-state index is -0.712. The van der Waals surface area contributed by atoms with Gasteiger partial charge in [0.15, 0.2) is 0 Å². The summed E-state index contributed by atoms with van der Waals surface area (Å²) in [6.45, 7) is 5.00. The quantitative estimate of drug-likeness (QED) is 0.729. The number of nitrogens with zero attached hydrogens (tertiary/aromatic N) is 4. The average Bonchev–Trinajstić information content (AvgIpc) is 3.45. The Morgan fingerprint density at radius 3 is 2.83 bits per heavy atom. The van der Waals surface area contributed by atoms with Crippen LogP contribution >= 0.6 is 0 Å². The van der Waals surface area contributed by atoms with Gasteiger partial charge in [0.05, 0.1) is 30.7 Å². The first-order valence-corrected chi connectivity index (χ1v) is 10.3. The van der Waals surface area contributed by atoms with Crippen LogP contribution < -0.4 is 4.90 Å². The predicted molar refractivity (Wildman–Crippen MR) is 112 cm³/mol. The monoisotopic (exact) mass is 406 g/mol. The Morgan fingerprint density at radius 2 is 2.13 bits per heavy atom. The number of hydrogen-bond donors (Lipinski definition) is 0. The summed E-state index contributed by atoms with van der Waals surface area (Å²) in [7, 11) is 3.63. The van der Waals surface area contributed by atoms with Gasteiger partial charge < -0.3 is 14.5 Å². The molecule has 1 aromatic carbocycles. The van der Waals surface area contributed by atoms with E-state index in [1.54, 1.807) is 27.7 Å². The second-order valence-corrected chi connectivity index (χ2v) is 8.81. The van der Waals surface area contributed by atoms with Gasteiger partial charge in [-0.15, -0.1) is 0 Å². The molecule has 2 aromatic rings. The molecule has 2 saturated heterocycles. The molecule has 3 aliphatic rings. The number of hydrogen-bond acceptors (Lipinski definition) is 4. The molecule has 4 atom stereocenters. The average molecular weight is 406 g/mol. The highest BCUT2D eigenvalue weighted by Gasteiger charge is 2.67. The van der Waals surface area contributed by atoms with Crippen LogP contribution in [0.2, 0.25) is 0 Å². The highest BCUT2D eigenvalue weighted by Crippen LogP contribution is 2.53. The number of anilines is 1. The van der Waals surface area contributed by atoms with E-state index in [-0.39, 0.29) is 17.9 Å².